The smallest absolute Gasteiger partial charge is 0.256 e. The Morgan fingerprint density at radius 1 is 1.09 bits per heavy atom. The van der Waals surface area contributed by atoms with Gasteiger partial charge in [0.05, 0.1) is 43.0 Å². The molecule has 1 aromatic heterocycles. The van der Waals surface area contributed by atoms with Gasteiger partial charge in [0, 0.05) is 61.9 Å². The standard InChI is InChI=1S/C36H45ClN4O5/c1-5-41(26-10-14-45-15-11-26)31-20-28(25-6-8-27-24(19-25)7-9-30(27)40-12-16-46-17-13-40)34(37)33(23(31)3)36(43)38-21-29-32(44-4)18-22(2)39-35(29)42/h6,8,18-20,26,30H,5,7,9-17,21H2,1-4H3,(H,38,43)(H,39,42). The molecule has 2 saturated heterocycles. The fourth-order valence-electron chi connectivity index (χ4n) is 7.46. The van der Waals surface area contributed by atoms with Crippen LogP contribution in [0.1, 0.15) is 70.5 Å². The fourth-order valence-corrected chi connectivity index (χ4v) is 7.85. The maximum absolute atomic E-state index is 14.1. The number of fused-ring (bicyclic) bond motifs is 1. The van der Waals surface area contributed by atoms with Crippen molar-refractivity contribution in [2.24, 2.45) is 0 Å². The van der Waals surface area contributed by atoms with Crippen LogP contribution in [0.25, 0.3) is 11.1 Å². The van der Waals surface area contributed by atoms with Crippen LogP contribution < -0.4 is 20.5 Å². The Hall–Kier alpha value is -3.37. The van der Waals surface area contributed by atoms with Crippen molar-refractivity contribution in [3.05, 3.63) is 79.2 Å². The summed E-state index contributed by atoms with van der Waals surface area (Å²) in [5.74, 6) is 0.105. The normalized spacial score (nSPS) is 18.8. The fraction of sp³-hybridized carbons (Fsp3) is 0.500. The second-order valence-electron chi connectivity index (χ2n) is 12.5. The summed E-state index contributed by atoms with van der Waals surface area (Å²) >= 11 is 7.23. The predicted molar refractivity (Wildman–Crippen MR) is 181 cm³/mol. The first-order chi connectivity index (χ1) is 22.3. The molecule has 46 heavy (non-hydrogen) atoms. The molecule has 3 aliphatic rings. The van der Waals surface area contributed by atoms with E-state index in [9.17, 15) is 9.59 Å². The molecular formula is C36H45ClN4O5. The molecule has 9 nitrogen and oxygen atoms in total. The van der Waals surface area contributed by atoms with Crippen LogP contribution >= 0.6 is 11.6 Å². The Bertz CT molecular complexity index is 1640. The molecule has 246 valence electrons. The average molecular weight is 649 g/mol. The molecule has 2 N–H and O–H groups in total. The van der Waals surface area contributed by atoms with Crippen molar-refractivity contribution >= 4 is 23.2 Å². The molecule has 2 aliphatic heterocycles. The van der Waals surface area contributed by atoms with E-state index in [1.165, 1.54) is 18.2 Å². The molecule has 10 heteroatoms. The second kappa shape index (κ2) is 14.2. The van der Waals surface area contributed by atoms with Crippen molar-refractivity contribution in [2.45, 2.75) is 65.1 Å². The highest BCUT2D eigenvalue weighted by Crippen LogP contribution is 2.43. The number of aromatic amines is 1. The van der Waals surface area contributed by atoms with Crippen molar-refractivity contribution in [3.63, 3.8) is 0 Å². The number of nitrogens with zero attached hydrogens (tertiary/aromatic N) is 2. The second-order valence-corrected chi connectivity index (χ2v) is 12.9. The summed E-state index contributed by atoms with van der Waals surface area (Å²) in [5.41, 5.74) is 7.54. The highest BCUT2D eigenvalue weighted by Gasteiger charge is 2.31. The number of nitrogens with one attached hydrogen (secondary N) is 2. The zero-order chi connectivity index (χ0) is 32.4. The van der Waals surface area contributed by atoms with Gasteiger partial charge in [0.2, 0.25) is 0 Å². The van der Waals surface area contributed by atoms with Gasteiger partial charge in [-0.25, -0.2) is 0 Å². The number of rotatable bonds is 9. The lowest BCUT2D eigenvalue weighted by atomic mass is 9.93. The summed E-state index contributed by atoms with van der Waals surface area (Å²) in [6.45, 7) is 11.6. The minimum absolute atomic E-state index is 0.00613. The number of hydrogen-bond donors (Lipinski definition) is 2. The summed E-state index contributed by atoms with van der Waals surface area (Å²) in [5, 5.41) is 3.39. The van der Waals surface area contributed by atoms with E-state index in [1.54, 1.807) is 13.0 Å². The lowest BCUT2D eigenvalue weighted by Gasteiger charge is -2.37. The van der Waals surface area contributed by atoms with Gasteiger partial charge in [-0.3, -0.25) is 14.5 Å². The molecule has 1 unspecified atom stereocenters. The zero-order valence-corrected chi connectivity index (χ0v) is 28.1. The number of methoxy groups -OCH3 is 1. The molecule has 3 heterocycles. The third kappa shape index (κ3) is 6.43. The maximum atomic E-state index is 14.1. The van der Waals surface area contributed by atoms with Crippen molar-refractivity contribution < 1.29 is 19.0 Å². The minimum Gasteiger partial charge on any atom is -0.496 e. The number of morpholine rings is 1. The highest BCUT2D eigenvalue weighted by molar-refractivity contribution is 6.37. The number of benzene rings is 2. The molecule has 0 bridgehead atoms. The van der Waals surface area contributed by atoms with Crippen LogP contribution in [0, 0.1) is 13.8 Å². The van der Waals surface area contributed by atoms with Crippen LogP contribution in [0.2, 0.25) is 5.02 Å². The molecular weight excluding hydrogens is 604 g/mol. The van der Waals surface area contributed by atoms with Gasteiger partial charge in [0.15, 0.2) is 0 Å². The summed E-state index contributed by atoms with van der Waals surface area (Å²) in [6, 6.07) is 11.3. The number of aromatic nitrogens is 1. The number of anilines is 1. The van der Waals surface area contributed by atoms with Gasteiger partial charge in [-0.2, -0.15) is 0 Å². The number of amides is 1. The number of H-pyrrole nitrogens is 1. The van der Waals surface area contributed by atoms with Crippen molar-refractivity contribution in [1.29, 1.82) is 0 Å². The van der Waals surface area contributed by atoms with E-state index in [2.05, 4.69) is 51.3 Å². The molecule has 0 radical (unpaired) electrons. The van der Waals surface area contributed by atoms with Gasteiger partial charge in [0.25, 0.3) is 11.5 Å². The number of carbonyl (C=O) groups excluding carboxylic acids is 1. The number of carbonyl (C=O) groups is 1. The van der Waals surface area contributed by atoms with Crippen LogP contribution in [0.3, 0.4) is 0 Å². The maximum Gasteiger partial charge on any atom is 0.256 e. The molecule has 0 saturated carbocycles. The van der Waals surface area contributed by atoms with Gasteiger partial charge in [-0.05, 0) is 80.8 Å². The van der Waals surface area contributed by atoms with Crippen LogP contribution in [0.5, 0.6) is 5.75 Å². The highest BCUT2D eigenvalue weighted by atomic mass is 35.5. The van der Waals surface area contributed by atoms with Crippen LogP contribution in [-0.4, -0.2) is 75.0 Å². The van der Waals surface area contributed by atoms with Gasteiger partial charge in [0.1, 0.15) is 5.75 Å². The summed E-state index contributed by atoms with van der Waals surface area (Å²) in [7, 11) is 1.52. The molecule has 2 aromatic carbocycles. The van der Waals surface area contributed by atoms with E-state index in [4.69, 9.17) is 25.8 Å². The van der Waals surface area contributed by atoms with Gasteiger partial charge >= 0.3 is 0 Å². The molecule has 1 atom stereocenters. The summed E-state index contributed by atoms with van der Waals surface area (Å²) in [6.07, 6.45) is 3.94. The number of pyridine rings is 1. The van der Waals surface area contributed by atoms with Gasteiger partial charge in [-0.15, -0.1) is 0 Å². The Morgan fingerprint density at radius 2 is 1.83 bits per heavy atom. The lowest BCUT2D eigenvalue weighted by molar-refractivity contribution is 0.0164. The third-order valence-corrected chi connectivity index (χ3v) is 10.3. The van der Waals surface area contributed by atoms with E-state index in [1.807, 2.05) is 6.92 Å². The van der Waals surface area contributed by atoms with E-state index >= 15 is 0 Å². The van der Waals surface area contributed by atoms with E-state index in [0.717, 1.165) is 94.1 Å². The number of hydrogen-bond acceptors (Lipinski definition) is 7. The van der Waals surface area contributed by atoms with Gasteiger partial charge in [-0.1, -0.05) is 29.8 Å². The Kier molecular flexibility index (Phi) is 10.0. The Balaban J connectivity index is 1.39. The topological polar surface area (TPSA) is 96.1 Å². The van der Waals surface area contributed by atoms with E-state index < -0.39 is 0 Å². The van der Waals surface area contributed by atoms with Crippen molar-refractivity contribution in [2.75, 3.05) is 58.1 Å². The largest absolute Gasteiger partial charge is 0.496 e. The lowest BCUT2D eigenvalue weighted by Crippen LogP contribution is -2.40. The van der Waals surface area contributed by atoms with Gasteiger partial charge < -0.3 is 29.4 Å². The molecule has 2 fully saturated rings. The first-order valence-electron chi connectivity index (χ1n) is 16.5. The third-order valence-electron chi connectivity index (χ3n) is 9.87. The molecule has 1 amide bonds. The molecule has 6 rings (SSSR count). The summed E-state index contributed by atoms with van der Waals surface area (Å²) in [4.78, 5) is 34.6. The number of aryl methyl sites for hydroxylation is 2. The number of ether oxygens (including phenoxy) is 3. The van der Waals surface area contributed by atoms with Crippen LogP contribution in [-0.2, 0) is 22.4 Å². The number of halogens is 1. The molecule has 1 aliphatic carbocycles. The zero-order valence-electron chi connectivity index (χ0n) is 27.3. The predicted octanol–water partition coefficient (Wildman–Crippen LogP) is 5.58. The quantitative estimate of drug-likeness (QED) is 0.313. The SMILES string of the molecule is CCN(c1cc(-c2ccc3c(c2)CCC3N2CCOCC2)c(Cl)c(C(=O)NCc2c(OC)cc(C)[nH]c2=O)c1C)C1CCOCC1. The monoisotopic (exact) mass is 648 g/mol. The van der Waals surface area contributed by atoms with E-state index in [-0.39, 0.29) is 18.0 Å². The molecule has 0 spiro atoms. The van der Waals surface area contributed by atoms with E-state index in [0.29, 0.717) is 39.7 Å². The minimum atomic E-state index is -0.329. The Morgan fingerprint density at radius 3 is 2.54 bits per heavy atom. The van der Waals surface area contributed by atoms with Crippen molar-refractivity contribution in [3.8, 4) is 16.9 Å². The first kappa shape index (κ1) is 32.6. The Labute approximate surface area is 276 Å². The molecule has 3 aromatic rings. The average Bonchev–Trinajstić information content (AvgIpc) is 3.49. The van der Waals surface area contributed by atoms with Crippen LogP contribution in [0.4, 0.5) is 5.69 Å². The van der Waals surface area contributed by atoms with Crippen LogP contribution in [0.15, 0.2) is 35.1 Å². The first-order valence-corrected chi connectivity index (χ1v) is 16.9. The summed E-state index contributed by atoms with van der Waals surface area (Å²) < 4.78 is 16.7. The van der Waals surface area contributed by atoms with Crippen molar-refractivity contribution in [1.82, 2.24) is 15.2 Å².